The predicted molar refractivity (Wildman–Crippen MR) is 98.3 cm³/mol. The lowest BCUT2D eigenvalue weighted by Gasteiger charge is -2.06. The Hall–Kier alpha value is -2.72. The topological polar surface area (TPSA) is 110 Å². The van der Waals surface area contributed by atoms with Crippen LogP contribution in [-0.2, 0) is 11.3 Å². The van der Waals surface area contributed by atoms with Crippen LogP contribution in [-0.4, -0.2) is 31.6 Å². The van der Waals surface area contributed by atoms with Crippen molar-refractivity contribution in [2.24, 2.45) is 0 Å². The first-order valence-corrected chi connectivity index (χ1v) is 8.97. The van der Waals surface area contributed by atoms with Crippen LogP contribution in [0.1, 0.15) is 0 Å². The molecule has 0 radical (unpaired) electrons. The van der Waals surface area contributed by atoms with E-state index in [2.05, 4.69) is 27.2 Å². The van der Waals surface area contributed by atoms with Gasteiger partial charge in [0.05, 0.1) is 10.8 Å². The van der Waals surface area contributed by atoms with Gasteiger partial charge in [-0.05, 0) is 12.1 Å². The second-order valence-electron chi connectivity index (χ2n) is 4.90. The van der Waals surface area contributed by atoms with Crippen LogP contribution in [0.25, 0.3) is 10.8 Å². The highest BCUT2D eigenvalue weighted by molar-refractivity contribution is 8.01. The molecule has 128 valence electrons. The third-order valence-electron chi connectivity index (χ3n) is 3.16. The summed E-state index contributed by atoms with van der Waals surface area (Å²) in [6.45, 7) is 3.29. The highest BCUT2D eigenvalue weighted by Crippen LogP contribution is 2.25. The maximum absolute atomic E-state index is 12.4. The van der Waals surface area contributed by atoms with Crippen LogP contribution in [0.3, 0.4) is 0 Å². The molecule has 0 bridgehead atoms. The summed E-state index contributed by atoms with van der Waals surface area (Å²) in [7, 11) is 0. The largest absolute Gasteiger partial charge is 0.299 e. The van der Waals surface area contributed by atoms with Crippen molar-refractivity contribution in [1.82, 2.24) is 20.0 Å². The average Bonchev–Trinajstić information content (AvgIpc) is 3.05. The van der Waals surface area contributed by atoms with Crippen molar-refractivity contribution in [3.63, 3.8) is 0 Å². The molecule has 0 aliphatic rings. The molecule has 3 rings (SSSR count). The van der Waals surface area contributed by atoms with E-state index < -0.39 is 17.0 Å². The lowest BCUT2D eigenvalue weighted by Crippen LogP contribution is -2.34. The minimum atomic E-state index is -0.482. The van der Waals surface area contributed by atoms with Crippen molar-refractivity contribution in [3.8, 4) is 0 Å². The number of hydrogen-bond donors (Lipinski definition) is 2. The molecule has 25 heavy (non-hydrogen) atoms. The number of amides is 1. The van der Waals surface area contributed by atoms with Crippen LogP contribution < -0.4 is 16.4 Å². The molecule has 0 spiro atoms. The van der Waals surface area contributed by atoms with Gasteiger partial charge in [-0.1, -0.05) is 41.3 Å². The molecule has 3 aromatic rings. The van der Waals surface area contributed by atoms with E-state index >= 15 is 0 Å². The van der Waals surface area contributed by atoms with Crippen molar-refractivity contribution in [2.75, 3.05) is 11.1 Å². The maximum atomic E-state index is 12.4. The second kappa shape index (κ2) is 7.45. The van der Waals surface area contributed by atoms with Crippen LogP contribution in [0.2, 0.25) is 0 Å². The summed E-state index contributed by atoms with van der Waals surface area (Å²) < 4.78 is 1.68. The van der Waals surface area contributed by atoms with E-state index in [0.29, 0.717) is 15.2 Å². The Morgan fingerprint density at radius 2 is 2.08 bits per heavy atom. The van der Waals surface area contributed by atoms with E-state index in [1.807, 2.05) is 0 Å². The van der Waals surface area contributed by atoms with Crippen molar-refractivity contribution in [3.05, 3.63) is 57.6 Å². The van der Waals surface area contributed by atoms with Gasteiger partial charge in [0, 0.05) is 5.75 Å². The Bertz CT molecular complexity index is 1050. The molecule has 0 fully saturated rings. The minimum absolute atomic E-state index is 0.262. The normalized spacial score (nSPS) is 10.7. The molecule has 1 amide bonds. The van der Waals surface area contributed by atoms with Gasteiger partial charge in [0.2, 0.25) is 11.0 Å². The van der Waals surface area contributed by atoms with Crippen LogP contribution in [0, 0.1) is 0 Å². The molecule has 0 atom stereocenters. The van der Waals surface area contributed by atoms with E-state index in [4.69, 9.17) is 0 Å². The summed E-state index contributed by atoms with van der Waals surface area (Å²) in [5.74, 6) is 0.209. The first-order valence-electron chi connectivity index (χ1n) is 7.17. The van der Waals surface area contributed by atoms with Gasteiger partial charge in [0.25, 0.3) is 11.1 Å². The summed E-state index contributed by atoms with van der Waals surface area (Å²) >= 11 is 2.67. The molecule has 1 aromatic carbocycles. The zero-order chi connectivity index (χ0) is 17.8. The fraction of sp³-hybridized carbons (Fsp3) is 0.133. The molecule has 0 aliphatic heterocycles. The van der Waals surface area contributed by atoms with Gasteiger partial charge < -0.3 is 0 Å². The number of fused-ring (bicyclic) bond motifs is 1. The lowest BCUT2D eigenvalue weighted by atomic mass is 10.2. The smallest absolute Gasteiger partial charge is 0.273 e. The Morgan fingerprint density at radius 1 is 1.32 bits per heavy atom. The number of nitrogens with one attached hydrogen (secondary N) is 2. The summed E-state index contributed by atoms with van der Waals surface area (Å²) in [6, 6.07) is 6.45. The molecule has 2 heterocycles. The SMILES string of the molecule is C=CCSc1nnc(NC(=O)Cn2[nH]c(=O)c3ccccc3c2=O)s1. The lowest BCUT2D eigenvalue weighted by molar-refractivity contribution is -0.117. The van der Waals surface area contributed by atoms with E-state index in [1.54, 1.807) is 30.3 Å². The Labute approximate surface area is 149 Å². The Kier molecular flexibility index (Phi) is 5.10. The molecule has 0 aliphatic carbocycles. The van der Waals surface area contributed by atoms with Crippen LogP contribution in [0.5, 0.6) is 0 Å². The average molecular weight is 375 g/mol. The molecule has 0 unspecified atom stereocenters. The summed E-state index contributed by atoms with van der Waals surface area (Å²) in [6.07, 6.45) is 1.74. The number of anilines is 1. The minimum Gasteiger partial charge on any atom is -0.299 e. The van der Waals surface area contributed by atoms with E-state index in [9.17, 15) is 14.4 Å². The van der Waals surface area contributed by atoms with Crippen molar-refractivity contribution < 1.29 is 4.79 Å². The van der Waals surface area contributed by atoms with Crippen molar-refractivity contribution in [1.29, 1.82) is 0 Å². The van der Waals surface area contributed by atoms with Gasteiger partial charge in [-0.3, -0.25) is 24.8 Å². The maximum Gasteiger partial charge on any atom is 0.273 e. The zero-order valence-corrected chi connectivity index (χ0v) is 14.5. The van der Waals surface area contributed by atoms with E-state index in [-0.39, 0.29) is 17.3 Å². The number of nitrogens with zero attached hydrogens (tertiary/aromatic N) is 3. The first-order chi connectivity index (χ1) is 12.1. The molecular formula is C15H13N5O3S2. The molecule has 10 heteroatoms. The van der Waals surface area contributed by atoms with Gasteiger partial charge in [0.1, 0.15) is 6.54 Å². The molecule has 2 aromatic heterocycles. The van der Waals surface area contributed by atoms with Crippen LogP contribution in [0.15, 0.2) is 50.8 Å². The second-order valence-corrected chi connectivity index (χ2v) is 7.14. The third kappa shape index (κ3) is 3.86. The van der Waals surface area contributed by atoms with Crippen LogP contribution >= 0.6 is 23.1 Å². The molecule has 0 saturated heterocycles. The van der Waals surface area contributed by atoms with Gasteiger partial charge in [0.15, 0.2) is 4.34 Å². The highest BCUT2D eigenvalue weighted by Gasteiger charge is 2.12. The monoisotopic (exact) mass is 375 g/mol. The summed E-state index contributed by atoms with van der Waals surface area (Å²) in [5, 5.41) is 13.6. The predicted octanol–water partition coefficient (Wildman–Crippen LogP) is 1.46. The summed E-state index contributed by atoms with van der Waals surface area (Å²) in [5.41, 5.74) is -0.869. The number of rotatable bonds is 6. The number of aromatic amines is 1. The number of carbonyl (C=O) groups excluding carboxylic acids is 1. The number of carbonyl (C=O) groups is 1. The Morgan fingerprint density at radius 3 is 2.84 bits per heavy atom. The highest BCUT2D eigenvalue weighted by atomic mass is 32.2. The quantitative estimate of drug-likeness (QED) is 0.383. The van der Waals surface area contributed by atoms with Crippen molar-refractivity contribution >= 4 is 44.9 Å². The van der Waals surface area contributed by atoms with Gasteiger partial charge in [-0.15, -0.1) is 16.8 Å². The zero-order valence-electron chi connectivity index (χ0n) is 12.9. The fourth-order valence-corrected chi connectivity index (χ4v) is 3.64. The Balaban J connectivity index is 1.77. The standard InChI is InChI=1S/C15H13N5O3S2/c1-2-7-24-15-18-17-14(25-15)16-11(21)8-20-13(23)10-6-4-3-5-9(10)12(22)19-20/h2-6H,1,7-8H2,(H,19,22)(H,16,17,21). The van der Waals surface area contributed by atoms with Crippen molar-refractivity contribution in [2.45, 2.75) is 10.9 Å². The van der Waals surface area contributed by atoms with Gasteiger partial charge in [-0.2, -0.15) is 0 Å². The fourth-order valence-electron chi connectivity index (χ4n) is 2.11. The molecule has 0 saturated carbocycles. The molecular weight excluding hydrogens is 362 g/mol. The number of benzene rings is 1. The van der Waals surface area contributed by atoms with E-state index in [0.717, 1.165) is 4.68 Å². The third-order valence-corrected chi connectivity index (χ3v) is 5.13. The number of aromatic nitrogens is 4. The van der Waals surface area contributed by atoms with Gasteiger partial charge in [-0.25, -0.2) is 4.68 Å². The first kappa shape index (κ1) is 17.1. The number of hydrogen-bond acceptors (Lipinski definition) is 7. The number of H-pyrrole nitrogens is 1. The van der Waals surface area contributed by atoms with E-state index in [1.165, 1.54) is 23.1 Å². The number of thioether (sulfide) groups is 1. The van der Waals surface area contributed by atoms with Crippen LogP contribution in [0.4, 0.5) is 5.13 Å². The molecule has 2 N–H and O–H groups in total. The van der Waals surface area contributed by atoms with Gasteiger partial charge >= 0.3 is 0 Å². The summed E-state index contributed by atoms with van der Waals surface area (Å²) in [4.78, 5) is 36.5. The molecule has 8 nitrogen and oxygen atoms in total.